The molecule has 4 heteroatoms. The molecule has 1 aromatic carbocycles. The van der Waals surface area contributed by atoms with Crippen LogP contribution in [-0.4, -0.2) is 44.8 Å². The number of nitrogens with one attached hydrogen (secondary N) is 1. The van der Waals surface area contributed by atoms with Gasteiger partial charge >= 0.3 is 0 Å². The zero-order valence-corrected chi connectivity index (χ0v) is 15.3. The van der Waals surface area contributed by atoms with E-state index in [1.54, 1.807) is 7.11 Å². The Morgan fingerprint density at radius 1 is 1.33 bits per heavy atom. The normalized spacial score (nSPS) is 14.4. The molecule has 0 aliphatic carbocycles. The molecule has 0 spiro atoms. The fourth-order valence-electron chi connectivity index (χ4n) is 2.37. The summed E-state index contributed by atoms with van der Waals surface area (Å²) in [7, 11) is 3.93. The van der Waals surface area contributed by atoms with Gasteiger partial charge in [-0.05, 0) is 45.0 Å². The summed E-state index contributed by atoms with van der Waals surface area (Å²) in [6.07, 6.45) is 2.24. The predicted molar refractivity (Wildman–Crippen MR) is 93.8 cm³/mol. The Balaban J connectivity index is 2.64. The van der Waals surface area contributed by atoms with Crippen molar-refractivity contribution in [2.75, 3.05) is 33.9 Å². The maximum atomic E-state index is 5.24. The molecule has 0 bridgehead atoms. The lowest BCUT2D eigenvalue weighted by Gasteiger charge is -2.27. The number of ether oxygens (including phenoxy) is 1. The molecule has 3 nitrogen and oxygen atoms in total. The van der Waals surface area contributed by atoms with E-state index in [0.717, 1.165) is 32.5 Å². The highest BCUT2D eigenvalue weighted by Gasteiger charge is 2.16. The van der Waals surface area contributed by atoms with Gasteiger partial charge in [-0.15, -0.1) is 0 Å². The van der Waals surface area contributed by atoms with Gasteiger partial charge in [0.2, 0.25) is 0 Å². The van der Waals surface area contributed by atoms with Crippen LogP contribution in [0.5, 0.6) is 0 Å². The van der Waals surface area contributed by atoms with Crippen LogP contribution in [0.1, 0.15) is 38.3 Å². The lowest BCUT2D eigenvalue weighted by molar-refractivity contribution is 0.113. The maximum Gasteiger partial charge on any atom is 0.0615 e. The van der Waals surface area contributed by atoms with E-state index in [1.165, 1.54) is 10.0 Å². The van der Waals surface area contributed by atoms with Crippen molar-refractivity contribution in [2.24, 2.45) is 0 Å². The highest BCUT2D eigenvalue weighted by molar-refractivity contribution is 9.10. The van der Waals surface area contributed by atoms with Crippen molar-refractivity contribution in [3.05, 3.63) is 34.3 Å². The van der Waals surface area contributed by atoms with Gasteiger partial charge < -0.3 is 15.0 Å². The summed E-state index contributed by atoms with van der Waals surface area (Å²) in [6.45, 7) is 7.28. The van der Waals surface area contributed by atoms with E-state index in [1.807, 2.05) is 0 Å². The topological polar surface area (TPSA) is 24.5 Å². The SMILES string of the molecule is CCCNC(CCN(C)C(C)COC)c1ccccc1Br. The standard InChI is InChI=1S/C17H29BrN2O/c1-5-11-19-17(15-8-6-7-9-16(15)18)10-12-20(3)14(2)13-21-4/h6-9,14,17,19H,5,10-13H2,1-4H3. The van der Waals surface area contributed by atoms with Gasteiger partial charge in [0.05, 0.1) is 6.61 Å². The third-order valence-corrected chi connectivity index (χ3v) is 4.57. The lowest BCUT2D eigenvalue weighted by atomic mass is 10.0. The Kier molecular flexibility index (Phi) is 9.16. The molecule has 0 saturated carbocycles. The lowest BCUT2D eigenvalue weighted by Crippen LogP contribution is -2.35. The fourth-order valence-corrected chi connectivity index (χ4v) is 2.93. The number of likely N-dealkylation sites (N-methyl/N-ethyl adjacent to an activating group) is 1. The molecule has 2 atom stereocenters. The predicted octanol–water partition coefficient (Wildman–Crippen LogP) is 3.85. The molecular formula is C17H29BrN2O. The van der Waals surface area contributed by atoms with Gasteiger partial charge in [0.15, 0.2) is 0 Å². The number of nitrogens with zero attached hydrogens (tertiary/aromatic N) is 1. The Labute approximate surface area is 138 Å². The molecule has 0 aromatic heterocycles. The molecule has 0 heterocycles. The van der Waals surface area contributed by atoms with Gasteiger partial charge in [-0.3, -0.25) is 0 Å². The molecule has 120 valence electrons. The molecule has 21 heavy (non-hydrogen) atoms. The zero-order valence-electron chi connectivity index (χ0n) is 13.7. The van der Waals surface area contributed by atoms with E-state index in [0.29, 0.717) is 12.1 Å². The van der Waals surface area contributed by atoms with Crippen LogP contribution in [0.4, 0.5) is 0 Å². The minimum absolute atomic E-state index is 0.387. The molecule has 0 radical (unpaired) electrons. The van der Waals surface area contributed by atoms with E-state index in [-0.39, 0.29) is 0 Å². The van der Waals surface area contributed by atoms with Gasteiger partial charge in [-0.25, -0.2) is 0 Å². The second-order valence-electron chi connectivity index (χ2n) is 5.60. The minimum atomic E-state index is 0.387. The van der Waals surface area contributed by atoms with Crippen LogP contribution < -0.4 is 5.32 Å². The molecule has 0 saturated heterocycles. The van der Waals surface area contributed by atoms with Gasteiger partial charge in [0.25, 0.3) is 0 Å². The summed E-state index contributed by atoms with van der Waals surface area (Å²) < 4.78 is 6.42. The summed E-state index contributed by atoms with van der Waals surface area (Å²) in [4.78, 5) is 2.36. The average Bonchev–Trinajstić information content (AvgIpc) is 2.48. The Hall–Kier alpha value is -0.420. The van der Waals surface area contributed by atoms with E-state index in [2.05, 4.69) is 71.3 Å². The number of hydrogen-bond donors (Lipinski definition) is 1. The first-order chi connectivity index (χ1) is 10.1. The van der Waals surface area contributed by atoms with Crippen LogP contribution in [-0.2, 0) is 4.74 Å². The molecule has 0 amide bonds. The zero-order chi connectivity index (χ0) is 15.7. The summed E-state index contributed by atoms with van der Waals surface area (Å²) >= 11 is 3.68. The van der Waals surface area contributed by atoms with Crippen LogP contribution in [0.15, 0.2) is 28.7 Å². The smallest absolute Gasteiger partial charge is 0.0615 e. The van der Waals surface area contributed by atoms with E-state index < -0.39 is 0 Å². The van der Waals surface area contributed by atoms with Crippen LogP contribution >= 0.6 is 15.9 Å². The number of hydrogen-bond acceptors (Lipinski definition) is 3. The van der Waals surface area contributed by atoms with Crippen LogP contribution in [0.25, 0.3) is 0 Å². The van der Waals surface area contributed by atoms with Gasteiger partial charge in [-0.2, -0.15) is 0 Å². The van der Waals surface area contributed by atoms with E-state index in [9.17, 15) is 0 Å². The van der Waals surface area contributed by atoms with Crippen molar-refractivity contribution in [2.45, 2.75) is 38.8 Å². The average molecular weight is 357 g/mol. The fraction of sp³-hybridized carbons (Fsp3) is 0.647. The van der Waals surface area contributed by atoms with Gasteiger partial charge in [-0.1, -0.05) is 41.1 Å². The number of methoxy groups -OCH3 is 1. The number of benzene rings is 1. The maximum absolute atomic E-state index is 5.24. The third kappa shape index (κ3) is 6.47. The molecule has 1 rings (SSSR count). The monoisotopic (exact) mass is 356 g/mol. The van der Waals surface area contributed by atoms with Crippen LogP contribution in [0.3, 0.4) is 0 Å². The molecule has 2 unspecified atom stereocenters. The summed E-state index contributed by atoms with van der Waals surface area (Å²) in [5.41, 5.74) is 1.35. The van der Waals surface area contributed by atoms with Crippen molar-refractivity contribution < 1.29 is 4.74 Å². The Bertz CT molecular complexity index is 400. The van der Waals surface area contributed by atoms with Gasteiger partial charge in [0, 0.05) is 30.2 Å². The quantitative estimate of drug-likeness (QED) is 0.689. The third-order valence-electron chi connectivity index (χ3n) is 3.85. The molecule has 0 aliphatic heterocycles. The van der Waals surface area contributed by atoms with Crippen molar-refractivity contribution in [1.82, 2.24) is 10.2 Å². The number of rotatable bonds is 10. The van der Waals surface area contributed by atoms with Crippen molar-refractivity contribution in [3.8, 4) is 0 Å². The number of halogens is 1. The first-order valence-corrected chi connectivity index (χ1v) is 8.56. The Morgan fingerprint density at radius 2 is 2.05 bits per heavy atom. The van der Waals surface area contributed by atoms with E-state index in [4.69, 9.17) is 4.74 Å². The highest BCUT2D eigenvalue weighted by Crippen LogP contribution is 2.25. The first kappa shape index (κ1) is 18.6. The van der Waals surface area contributed by atoms with Crippen molar-refractivity contribution in [3.63, 3.8) is 0 Å². The minimum Gasteiger partial charge on any atom is -0.383 e. The van der Waals surface area contributed by atoms with Crippen molar-refractivity contribution >= 4 is 15.9 Å². The molecular weight excluding hydrogens is 328 g/mol. The molecule has 1 aromatic rings. The molecule has 1 N–H and O–H groups in total. The van der Waals surface area contributed by atoms with E-state index >= 15 is 0 Å². The largest absolute Gasteiger partial charge is 0.383 e. The molecule has 0 aliphatic rings. The van der Waals surface area contributed by atoms with Crippen molar-refractivity contribution in [1.29, 1.82) is 0 Å². The second-order valence-corrected chi connectivity index (χ2v) is 6.46. The molecule has 0 fully saturated rings. The second kappa shape index (κ2) is 10.3. The summed E-state index contributed by atoms with van der Waals surface area (Å²) in [6, 6.07) is 9.33. The van der Waals surface area contributed by atoms with Crippen LogP contribution in [0, 0.1) is 0 Å². The van der Waals surface area contributed by atoms with Crippen LogP contribution in [0.2, 0.25) is 0 Å². The first-order valence-electron chi connectivity index (χ1n) is 7.77. The summed E-state index contributed by atoms with van der Waals surface area (Å²) in [5.74, 6) is 0. The highest BCUT2D eigenvalue weighted by atomic mass is 79.9. The summed E-state index contributed by atoms with van der Waals surface area (Å²) in [5, 5.41) is 3.66. The van der Waals surface area contributed by atoms with Gasteiger partial charge in [0.1, 0.15) is 0 Å². The Morgan fingerprint density at radius 3 is 2.67 bits per heavy atom.